The molecule has 1 saturated heterocycles. The monoisotopic (exact) mass is 253 g/mol. The Hall–Kier alpha value is -0.700. The van der Waals surface area contributed by atoms with Gasteiger partial charge in [-0.05, 0) is 0 Å². The van der Waals surface area contributed by atoms with Gasteiger partial charge in [0.2, 0.25) is 10.0 Å². The second-order valence-corrected chi connectivity index (χ2v) is 5.68. The van der Waals surface area contributed by atoms with Crippen molar-refractivity contribution in [3.8, 4) is 0 Å². The molecule has 16 heavy (non-hydrogen) atoms. The Morgan fingerprint density at radius 1 is 1.38 bits per heavy atom. The molecule has 1 rings (SSSR count). The zero-order valence-corrected chi connectivity index (χ0v) is 9.68. The third-order valence-corrected chi connectivity index (χ3v) is 4.22. The van der Waals surface area contributed by atoms with Crippen LogP contribution in [0, 0.1) is 0 Å². The topological polar surface area (TPSA) is 104 Å². The Bertz CT molecular complexity index is 344. The predicted molar refractivity (Wildman–Crippen MR) is 54.0 cm³/mol. The van der Waals surface area contributed by atoms with Gasteiger partial charge in [-0.1, -0.05) is 0 Å². The molecule has 8 heteroatoms. The highest BCUT2D eigenvalue weighted by atomic mass is 32.2. The molecule has 0 unspecified atom stereocenters. The van der Waals surface area contributed by atoms with Crippen LogP contribution in [0.3, 0.4) is 0 Å². The molecule has 0 spiro atoms. The number of carbonyl (C=O) groups is 1. The minimum absolute atomic E-state index is 0.134. The van der Waals surface area contributed by atoms with E-state index in [2.05, 4.69) is 4.74 Å². The normalized spacial score (nSPS) is 26.9. The number of hydrogen-bond acceptors (Lipinski definition) is 6. The number of esters is 1. The number of hydrogen-bond donors (Lipinski definition) is 2. The zero-order chi connectivity index (χ0) is 12.3. The molecule has 0 bridgehead atoms. The van der Waals surface area contributed by atoms with Crippen molar-refractivity contribution >= 4 is 16.0 Å². The highest BCUT2D eigenvalue weighted by Gasteiger charge is 2.36. The van der Waals surface area contributed by atoms with Crippen LogP contribution in [0.1, 0.15) is 6.42 Å². The maximum absolute atomic E-state index is 11.6. The lowest BCUT2D eigenvalue weighted by Crippen LogP contribution is -2.32. The van der Waals surface area contributed by atoms with Crippen LogP contribution in [-0.4, -0.2) is 67.1 Å². The lowest BCUT2D eigenvalue weighted by atomic mass is 10.3. The fourth-order valence-electron chi connectivity index (χ4n) is 1.41. The van der Waals surface area contributed by atoms with Gasteiger partial charge in [0.05, 0.1) is 31.5 Å². The first-order chi connectivity index (χ1) is 7.36. The van der Waals surface area contributed by atoms with E-state index in [9.17, 15) is 23.4 Å². The molecular formula is C8H15NO6S. The molecule has 2 N–H and O–H groups in total. The van der Waals surface area contributed by atoms with Gasteiger partial charge in [0.25, 0.3) is 0 Å². The smallest absolute Gasteiger partial charge is 0.306 e. The fourth-order valence-corrected chi connectivity index (χ4v) is 2.85. The van der Waals surface area contributed by atoms with Gasteiger partial charge >= 0.3 is 5.97 Å². The van der Waals surface area contributed by atoms with E-state index >= 15 is 0 Å². The summed E-state index contributed by atoms with van der Waals surface area (Å²) >= 11 is 0. The van der Waals surface area contributed by atoms with E-state index in [1.54, 1.807) is 0 Å². The van der Waals surface area contributed by atoms with Crippen LogP contribution in [0.25, 0.3) is 0 Å². The number of nitrogens with zero attached hydrogens (tertiary/aromatic N) is 1. The Morgan fingerprint density at radius 2 is 1.88 bits per heavy atom. The number of aliphatic hydroxyl groups excluding tert-OH is 2. The van der Waals surface area contributed by atoms with Crippen molar-refractivity contribution in [1.29, 1.82) is 0 Å². The first-order valence-electron chi connectivity index (χ1n) is 4.77. The van der Waals surface area contributed by atoms with Gasteiger partial charge in [0.1, 0.15) is 0 Å². The summed E-state index contributed by atoms with van der Waals surface area (Å²) in [5.41, 5.74) is 0. The first-order valence-corrected chi connectivity index (χ1v) is 6.38. The van der Waals surface area contributed by atoms with E-state index in [-0.39, 0.29) is 25.3 Å². The molecule has 0 amide bonds. The third-order valence-electron chi connectivity index (χ3n) is 2.41. The SMILES string of the molecule is COC(=O)CCS(=O)(=O)N1C[C@@H](O)[C@@H](O)C1. The summed E-state index contributed by atoms with van der Waals surface area (Å²) in [5, 5.41) is 18.4. The van der Waals surface area contributed by atoms with Crippen LogP contribution in [0.5, 0.6) is 0 Å². The average Bonchev–Trinajstić information content (AvgIpc) is 2.56. The maximum atomic E-state index is 11.6. The summed E-state index contributed by atoms with van der Waals surface area (Å²) in [4.78, 5) is 10.8. The minimum Gasteiger partial charge on any atom is -0.469 e. The molecule has 0 aromatic carbocycles. The number of carbonyl (C=O) groups excluding carboxylic acids is 1. The number of rotatable bonds is 4. The number of sulfonamides is 1. The molecule has 1 heterocycles. The lowest BCUT2D eigenvalue weighted by Gasteiger charge is -2.14. The first kappa shape index (κ1) is 13.4. The molecule has 7 nitrogen and oxygen atoms in total. The van der Waals surface area contributed by atoms with Gasteiger partial charge in [-0.25, -0.2) is 8.42 Å². The predicted octanol–water partition coefficient (Wildman–Crippen LogP) is -2.08. The highest BCUT2D eigenvalue weighted by molar-refractivity contribution is 7.89. The summed E-state index contributed by atoms with van der Waals surface area (Å²) < 4.78 is 28.6. The van der Waals surface area contributed by atoms with Crippen molar-refractivity contribution in [2.45, 2.75) is 18.6 Å². The molecule has 1 fully saturated rings. The van der Waals surface area contributed by atoms with Crippen molar-refractivity contribution in [1.82, 2.24) is 4.31 Å². The van der Waals surface area contributed by atoms with Crippen LogP contribution in [-0.2, 0) is 19.6 Å². The van der Waals surface area contributed by atoms with Gasteiger partial charge in [-0.2, -0.15) is 4.31 Å². The van der Waals surface area contributed by atoms with Gasteiger partial charge < -0.3 is 14.9 Å². The van der Waals surface area contributed by atoms with Crippen molar-refractivity contribution in [3.63, 3.8) is 0 Å². The average molecular weight is 253 g/mol. The largest absolute Gasteiger partial charge is 0.469 e. The number of ether oxygens (including phenoxy) is 1. The fraction of sp³-hybridized carbons (Fsp3) is 0.875. The molecule has 0 radical (unpaired) electrons. The Labute approximate surface area is 93.7 Å². The zero-order valence-electron chi connectivity index (χ0n) is 8.87. The van der Waals surface area contributed by atoms with Gasteiger partial charge in [0.15, 0.2) is 0 Å². The standard InChI is InChI=1S/C8H15NO6S/c1-15-8(12)2-3-16(13,14)9-4-6(10)7(11)5-9/h6-7,10-11H,2-5H2,1H3/t6-,7+. The van der Waals surface area contributed by atoms with E-state index in [0.717, 1.165) is 4.31 Å². The number of methoxy groups -OCH3 is 1. The van der Waals surface area contributed by atoms with Crippen molar-refractivity contribution < 1.29 is 28.2 Å². The van der Waals surface area contributed by atoms with E-state index < -0.39 is 28.2 Å². The van der Waals surface area contributed by atoms with Crippen molar-refractivity contribution in [3.05, 3.63) is 0 Å². The van der Waals surface area contributed by atoms with Crippen molar-refractivity contribution in [2.75, 3.05) is 26.0 Å². The van der Waals surface area contributed by atoms with Crippen LogP contribution < -0.4 is 0 Å². The van der Waals surface area contributed by atoms with Crippen LogP contribution in [0.2, 0.25) is 0 Å². The summed E-state index contributed by atoms with van der Waals surface area (Å²) in [7, 11) is -2.44. The van der Waals surface area contributed by atoms with Crippen molar-refractivity contribution in [2.24, 2.45) is 0 Å². The van der Waals surface area contributed by atoms with Gasteiger partial charge in [0, 0.05) is 13.1 Å². The summed E-state index contributed by atoms with van der Waals surface area (Å²) in [5.74, 6) is -0.983. The van der Waals surface area contributed by atoms with E-state index in [0.29, 0.717) is 0 Å². The van der Waals surface area contributed by atoms with E-state index in [1.807, 2.05) is 0 Å². The molecule has 94 valence electrons. The molecule has 1 aliphatic heterocycles. The Morgan fingerprint density at radius 3 is 2.31 bits per heavy atom. The highest BCUT2D eigenvalue weighted by Crippen LogP contribution is 2.15. The molecule has 0 aliphatic carbocycles. The lowest BCUT2D eigenvalue weighted by molar-refractivity contribution is -0.140. The van der Waals surface area contributed by atoms with Gasteiger partial charge in [-0.15, -0.1) is 0 Å². The molecule has 0 aromatic heterocycles. The summed E-state index contributed by atoms with van der Waals surface area (Å²) in [6, 6.07) is 0. The Balaban J connectivity index is 2.55. The molecule has 2 atom stereocenters. The number of β-amino-alcohol motifs (C(OH)–C–C–N with tert-alkyl or cyclic N) is 2. The maximum Gasteiger partial charge on any atom is 0.306 e. The molecule has 0 aromatic rings. The van der Waals surface area contributed by atoms with E-state index in [4.69, 9.17) is 0 Å². The minimum atomic E-state index is -3.62. The summed E-state index contributed by atoms with van der Waals surface area (Å²) in [6.45, 7) is -0.269. The Kier molecular flexibility index (Phi) is 4.25. The molecule has 0 saturated carbocycles. The third kappa shape index (κ3) is 3.14. The molecule has 1 aliphatic rings. The van der Waals surface area contributed by atoms with E-state index in [1.165, 1.54) is 7.11 Å². The number of aliphatic hydroxyl groups is 2. The van der Waals surface area contributed by atoms with Crippen LogP contribution in [0.15, 0.2) is 0 Å². The van der Waals surface area contributed by atoms with Crippen LogP contribution in [0.4, 0.5) is 0 Å². The van der Waals surface area contributed by atoms with Crippen LogP contribution >= 0.6 is 0 Å². The summed E-state index contributed by atoms with van der Waals surface area (Å²) in [6.07, 6.45) is -2.36. The van der Waals surface area contributed by atoms with Gasteiger partial charge in [-0.3, -0.25) is 4.79 Å². The quantitative estimate of drug-likeness (QED) is 0.557. The second-order valence-electron chi connectivity index (χ2n) is 3.59. The molecular weight excluding hydrogens is 238 g/mol. The second kappa shape index (κ2) is 5.09.